The minimum atomic E-state index is -0.801. The van der Waals surface area contributed by atoms with Gasteiger partial charge in [0.15, 0.2) is 6.10 Å². The van der Waals surface area contributed by atoms with E-state index in [2.05, 4.69) is 93.7 Å². The molecule has 0 heterocycles. The van der Waals surface area contributed by atoms with Crippen molar-refractivity contribution in [1.29, 1.82) is 0 Å². The molecule has 1 atom stereocenters. The Morgan fingerprint density at radius 2 is 0.625 bits per heavy atom. The van der Waals surface area contributed by atoms with Crippen molar-refractivity contribution in [2.24, 2.45) is 0 Å². The van der Waals surface area contributed by atoms with E-state index >= 15 is 0 Å². The van der Waals surface area contributed by atoms with Crippen molar-refractivity contribution >= 4 is 17.9 Å². The maximum absolute atomic E-state index is 12.8. The lowest BCUT2D eigenvalue weighted by Crippen LogP contribution is -2.30. The van der Waals surface area contributed by atoms with Crippen molar-refractivity contribution in [2.75, 3.05) is 13.2 Å². The third-order valence-electron chi connectivity index (χ3n) is 11.4. The van der Waals surface area contributed by atoms with Gasteiger partial charge in [0, 0.05) is 19.3 Å². The molecule has 0 aromatic carbocycles. The lowest BCUT2D eigenvalue weighted by Gasteiger charge is -2.18. The Labute approximate surface area is 395 Å². The molecule has 0 saturated carbocycles. The van der Waals surface area contributed by atoms with Gasteiger partial charge in [-0.25, -0.2) is 0 Å². The van der Waals surface area contributed by atoms with Gasteiger partial charge in [0.25, 0.3) is 0 Å². The maximum Gasteiger partial charge on any atom is 0.306 e. The van der Waals surface area contributed by atoms with Gasteiger partial charge in [-0.15, -0.1) is 0 Å². The van der Waals surface area contributed by atoms with E-state index in [1.54, 1.807) is 0 Å². The monoisotopic (exact) mass is 893 g/mol. The average Bonchev–Trinajstić information content (AvgIpc) is 3.29. The number of carbonyl (C=O) groups excluding carboxylic acids is 3. The average molecular weight is 893 g/mol. The molecule has 0 aliphatic heterocycles. The van der Waals surface area contributed by atoms with E-state index < -0.39 is 6.10 Å². The highest BCUT2D eigenvalue weighted by Crippen LogP contribution is 2.15. The Kier molecular flexibility index (Phi) is 49.9. The minimum absolute atomic E-state index is 0.0949. The fraction of sp³-hybridized carbons (Fsp3) is 0.741. The van der Waals surface area contributed by atoms with Crippen LogP contribution in [0, 0.1) is 0 Å². The summed E-state index contributed by atoms with van der Waals surface area (Å²) in [5, 5.41) is 0. The molecule has 0 rings (SSSR count). The van der Waals surface area contributed by atoms with Crippen molar-refractivity contribution in [3.63, 3.8) is 0 Å². The van der Waals surface area contributed by atoms with Crippen LogP contribution >= 0.6 is 0 Å². The summed E-state index contributed by atoms with van der Waals surface area (Å²) in [5.74, 6) is -0.946. The molecule has 0 spiro atoms. The number of ether oxygens (including phenoxy) is 3. The summed E-state index contributed by atoms with van der Waals surface area (Å²) in [6.45, 7) is 6.45. The second-order valence-corrected chi connectivity index (χ2v) is 17.8. The van der Waals surface area contributed by atoms with E-state index in [4.69, 9.17) is 14.2 Å². The van der Waals surface area contributed by atoms with E-state index in [0.29, 0.717) is 19.3 Å². The van der Waals surface area contributed by atoms with Crippen LogP contribution in [-0.4, -0.2) is 37.2 Å². The smallest absolute Gasteiger partial charge is 0.306 e. The zero-order chi connectivity index (χ0) is 46.5. The molecule has 6 heteroatoms. The molecule has 0 unspecified atom stereocenters. The van der Waals surface area contributed by atoms with Gasteiger partial charge in [-0.05, 0) is 83.5 Å². The summed E-state index contributed by atoms with van der Waals surface area (Å²) in [5.41, 5.74) is 0. The molecule has 0 amide bonds. The molecule has 0 saturated heterocycles. The molecule has 0 radical (unpaired) electrons. The van der Waals surface area contributed by atoms with Gasteiger partial charge in [-0.3, -0.25) is 14.4 Å². The first-order valence-electron chi connectivity index (χ1n) is 26.9. The summed E-state index contributed by atoms with van der Waals surface area (Å²) in [6.07, 6.45) is 66.0. The minimum Gasteiger partial charge on any atom is -0.462 e. The van der Waals surface area contributed by atoms with Crippen LogP contribution in [0.5, 0.6) is 0 Å². The van der Waals surface area contributed by atoms with Crippen LogP contribution in [0.2, 0.25) is 0 Å². The molecule has 0 N–H and O–H groups in total. The van der Waals surface area contributed by atoms with Gasteiger partial charge in [-0.1, -0.05) is 229 Å². The van der Waals surface area contributed by atoms with Crippen LogP contribution in [-0.2, 0) is 28.6 Å². The molecule has 0 aromatic rings. The van der Waals surface area contributed by atoms with E-state index in [9.17, 15) is 14.4 Å². The highest BCUT2D eigenvalue weighted by molar-refractivity contribution is 5.71. The first-order chi connectivity index (χ1) is 31.5. The van der Waals surface area contributed by atoms with E-state index in [0.717, 1.165) is 103 Å². The first kappa shape index (κ1) is 60.9. The summed E-state index contributed by atoms with van der Waals surface area (Å²) in [6, 6.07) is 0. The van der Waals surface area contributed by atoms with Gasteiger partial charge >= 0.3 is 17.9 Å². The van der Waals surface area contributed by atoms with Crippen LogP contribution < -0.4 is 0 Å². The van der Waals surface area contributed by atoms with Crippen molar-refractivity contribution in [3.05, 3.63) is 72.9 Å². The Morgan fingerprint density at radius 3 is 1.03 bits per heavy atom. The third-order valence-corrected chi connectivity index (χ3v) is 11.4. The second kappa shape index (κ2) is 52.5. The Bertz CT molecular complexity index is 1210. The molecule has 368 valence electrons. The zero-order valence-electron chi connectivity index (χ0n) is 42.0. The predicted octanol–water partition coefficient (Wildman–Crippen LogP) is 17.8. The largest absolute Gasteiger partial charge is 0.462 e. The fourth-order valence-electron chi connectivity index (χ4n) is 7.39. The van der Waals surface area contributed by atoms with Crippen molar-refractivity contribution in [1.82, 2.24) is 0 Å². The standard InChI is InChI=1S/C58H100O6/c1-4-7-10-13-16-19-22-25-28-29-31-33-36-39-42-45-48-51-57(60)63-54-55(53-62-56(59)50-47-44-41-38-35-32-27-24-21-18-15-12-9-6-3)64-58(61)52-49-46-43-40-37-34-30-26-23-20-17-14-11-8-5-2/h8,11,15,17-18,20,24,26-27,30,37,40,55H,4-7,9-10,12-14,16,19,21-23,25,28-29,31-36,38-39,41-54H2,1-3H3/b11-8-,18-15-,20-17-,27-24-,30-26-,40-37-/t55-/m1/s1. The van der Waals surface area contributed by atoms with Gasteiger partial charge in [0.05, 0.1) is 0 Å². The molecule has 0 fully saturated rings. The van der Waals surface area contributed by atoms with Gasteiger partial charge in [0.1, 0.15) is 13.2 Å². The van der Waals surface area contributed by atoms with Crippen LogP contribution in [0.25, 0.3) is 0 Å². The van der Waals surface area contributed by atoms with Crippen LogP contribution in [0.4, 0.5) is 0 Å². The van der Waals surface area contributed by atoms with Gasteiger partial charge < -0.3 is 14.2 Å². The highest BCUT2D eigenvalue weighted by Gasteiger charge is 2.19. The zero-order valence-corrected chi connectivity index (χ0v) is 42.0. The van der Waals surface area contributed by atoms with Crippen molar-refractivity contribution in [2.45, 2.75) is 264 Å². The first-order valence-corrected chi connectivity index (χ1v) is 26.9. The topological polar surface area (TPSA) is 78.9 Å². The third kappa shape index (κ3) is 49.9. The lowest BCUT2D eigenvalue weighted by molar-refractivity contribution is -0.167. The van der Waals surface area contributed by atoms with E-state index in [-0.39, 0.29) is 37.5 Å². The van der Waals surface area contributed by atoms with Crippen molar-refractivity contribution in [3.8, 4) is 0 Å². The number of hydrogen-bond donors (Lipinski definition) is 0. The number of allylic oxidation sites excluding steroid dienone is 12. The molecule has 0 aliphatic rings. The Morgan fingerprint density at radius 1 is 0.328 bits per heavy atom. The SMILES string of the molecule is CC/C=C\C/C=C\C/C=C\C/C=C\CCCCC(=O)O[C@H](COC(=O)CCCCCCC/C=C\C/C=C\CCCC)COC(=O)CCCCCCCCCCCCCCCCCCC. The van der Waals surface area contributed by atoms with Gasteiger partial charge in [-0.2, -0.15) is 0 Å². The van der Waals surface area contributed by atoms with Crippen LogP contribution in [0.1, 0.15) is 258 Å². The quantitative estimate of drug-likeness (QED) is 0.0262. The molecular formula is C58H100O6. The molecule has 6 nitrogen and oxygen atoms in total. The van der Waals surface area contributed by atoms with E-state index in [1.165, 1.54) is 109 Å². The summed E-state index contributed by atoms with van der Waals surface area (Å²) in [7, 11) is 0. The molecule has 0 aromatic heterocycles. The summed E-state index contributed by atoms with van der Waals surface area (Å²) < 4.78 is 16.8. The normalized spacial score (nSPS) is 12.6. The number of rotatable bonds is 48. The maximum atomic E-state index is 12.8. The molecule has 0 aliphatic carbocycles. The summed E-state index contributed by atoms with van der Waals surface area (Å²) >= 11 is 0. The highest BCUT2D eigenvalue weighted by atomic mass is 16.6. The second-order valence-electron chi connectivity index (χ2n) is 17.8. The Hall–Kier alpha value is -3.15. The number of esters is 3. The van der Waals surface area contributed by atoms with Crippen LogP contribution in [0.3, 0.4) is 0 Å². The van der Waals surface area contributed by atoms with Crippen LogP contribution in [0.15, 0.2) is 72.9 Å². The molecule has 64 heavy (non-hydrogen) atoms. The van der Waals surface area contributed by atoms with E-state index in [1.807, 2.05) is 0 Å². The predicted molar refractivity (Wildman–Crippen MR) is 274 cm³/mol. The fourth-order valence-corrected chi connectivity index (χ4v) is 7.39. The van der Waals surface area contributed by atoms with Crippen molar-refractivity contribution < 1.29 is 28.6 Å². The summed E-state index contributed by atoms with van der Waals surface area (Å²) in [4.78, 5) is 38.0. The molecular weight excluding hydrogens is 793 g/mol. The number of unbranched alkanes of at least 4 members (excludes halogenated alkanes) is 25. The lowest BCUT2D eigenvalue weighted by atomic mass is 10.0. The Balaban J connectivity index is 4.44. The molecule has 0 bridgehead atoms. The van der Waals surface area contributed by atoms with Gasteiger partial charge in [0.2, 0.25) is 0 Å². The number of carbonyl (C=O) groups is 3. The number of hydrogen-bond acceptors (Lipinski definition) is 6.